The number of hydrogen-bond acceptors (Lipinski definition) is 3. The van der Waals surface area contributed by atoms with Crippen LogP contribution in [0.3, 0.4) is 0 Å². The van der Waals surface area contributed by atoms with E-state index in [2.05, 4.69) is 13.8 Å². The molecule has 0 radical (unpaired) electrons. The van der Waals surface area contributed by atoms with E-state index in [-0.39, 0.29) is 5.97 Å². The zero-order chi connectivity index (χ0) is 12.9. The quantitative estimate of drug-likeness (QED) is 0.665. The first kappa shape index (κ1) is 14.5. The van der Waals surface area contributed by atoms with E-state index >= 15 is 0 Å². The fourth-order valence-corrected chi connectivity index (χ4v) is 2.85. The van der Waals surface area contributed by atoms with Crippen LogP contribution in [-0.4, -0.2) is 19.6 Å². The van der Waals surface area contributed by atoms with Crippen LogP contribution in [0.15, 0.2) is 0 Å². The number of methoxy groups -OCH3 is 1. The summed E-state index contributed by atoms with van der Waals surface area (Å²) in [5, 5.41) is 0. The molecule has 0 aromatic heterocycles. The van der Waals surface area contributed by atoms with Gasteiger partial charge in [0.2, 0.25) is 0 Å². The first-order chi connectivity index (χ1) is 8.07. The summed E-state index contributed by atoms with van der Waals surface area (Å²) in [4.78, 5) is 12.1. The first-order valence-electron chi connectivity index (χ1n) is 6.86. The number of ether oxygens (including phenoxy) is 1. The van der Waals surface area contributed by atoms with Crippen molar-refractivity contribution in [3.8, 4) is 0 Å². The average molecular weight is 241 g/mol. The minimum atomic E-state index is -0.426. The average Bonchev–Trinajstić information content (AvgIpc) is 3.11. The molecule has 0 aromatic rings. The van der Waals surface area contributed by atoms with Gasteiger partial charge in [0.1, 0.15) is 0 Å². The third-order valence-corrected chi connectivity index (χ3v) is 3.91. The lowest BCUT2D eigenvalue weighted by molar-refractivity contribution is -0.154. The summed E-state index contributed by atoms with van der Waals surface area (Å²) in [6, 6.07) is 0. The molecule has 0 spiro atoms. The molecule has 2 N–H and O–H groups in total. The zero-order valence-corrected chi connectivity index (χ0v) is 11.5. The number of hydrogen-bond donors (Lipinski definition) is 1. The molecule has 0 heterocycles. The van der Waals surface area contributed by atoms with E-state index < -0.39 is 5.41 Å². The summed E-state index contributed by atoms with van der Waals surface area (Å²) < 4.78 is 5.00. The first-order valence-corrected chi connectivity index (χ1v) is 6.86. The van der Waals surface area contributed by atoms with Gasteiger partial charge in [-0.05, 0) is 24.7 Å². The molecule has 1 aliphatic rings. The minimum Gasteiger partial charge on any atom is -0.469 e. The van der Waals surface area contributed by atoms with Crippen molar-refractivity contribution in [2.24, 2.45) is 23.0 Å². The van der Waals surface area contributed by atoms with E-state index in [1.807, 2.05) is 0 Å². The molecular formula is C14H27NO2. The van der Waals surface area contributed by atoms with Gasteiger partial charge < -0.3 is 10.5 Å². The molecule has 0 aliphatic heterocycles. The molecule has 1 rings (SSSR count). The van der Waals surface area contributed by atoms with Gasteiger partial charge in [0.05, 0.1) is 12.5 Å². The molecule has 0 saturated heterocycles. The van der Waals surface area contributed by atoms with Crippen LogP contribution in [-0.2, 0) is 9.53 Å². The molecule has 3 nitrogen and oxygen atoms in total. The van der Waals surface area contributed by atoms with Crippen molar-refractivity contribution in [3.05, 3.63) is 0 Å². The van der Waals surface area contributed by atoms with Crippen LogP contribution in [0.1, 0.15) is 52.4 Å². The molecule has 1 saturated carbocycles. The van der Waals surface area contributed by atoms with Gasteiger partial charge in [0.15, 0.2) is 0 Å². The van der Waals surface area contributed by atoms with Gasteiger partial charge in [0, 0.05) is 6.54 Å². The van der Waals surface area contributed by atoms with Gasteiger partial charge in [-0.15, -0.1) is 0 Å². The largest absolute Gasteiger partial charge is 0.469 e. The number of rotatable bonds is 8. The van der Waals surface area contributed by atoms with Crippen LogP contribution >= 0.6 is 0 Å². The highest BCUT2D eigenvalue weighted by molar-refractivity contribution is 5.77. The van der Waals surface area contributed by atoms with Crippen molar-refractivity contribution in [1.29, 1.82) is 0 Å². The van der Waals surface area contributed by atoms with Crippen molar-refractivity contribution in [3.63, 3.8) is 0 Å². The monoisotopic (exact) mass is 241 g/mol. The van der Waals surface area contributed by atoms with Gasteiger partial charge in [-0.1, -0.05) is 39.5 Å². The van der Waals surface area contributed by atoms with Crippen molar-refractivity contribution in [2.45, 2.75) is 52.4 Å². The number of esters is 1. The Balaban J connectivity index is 2.69. The Bertz CT molecular complexity index is 251. The van der Waals surface area contributed by atoms with Gasteiger partial charge in [-0.3, -0.25) is 4.79 Å². The lowest BCUT2D eigenvalue weighted by atomic mass is 9.74. The summed E-state index contributed by atoms with van der Waals surface area (Å²) in [7, 11) is 1.48. The van der Waals surface area contributed by atoms with E-state index in [1.165, 1.54) is 20.0 Å². The van der Waals surface area contributed by atoms with Crippen LogP contribution in [0.2, 0.25) is 0 Å². The highest BCUT2D eigenvalue weighted by Gasteiger charge is 2.43. The van der Waals surface area contributed by atoms with E-state index in [1.54, 1.807) is 0 Å². The Kier molecular flexibility index (Phi) is 5.44. The smallest absolute Gasteiger partial charge is 0.313 e. The van der Waals surface area contributed by atoms with Crippen molar-refractivity contribution < 1.29 is 9.53 Å². The highest BCUT2D eigenvalue weighted by atomic mass is 16.5. The fraction of sp³-hybridized carbons (Fsp3) is 0.929. The maximum Gasteiger partial charge on any atom is 0.313 e. The molecule has 0 bridgehead atoms. The second-order valence-corrected chi connectivity index (χ2v) is 5.72. The van der Waals surface area contributed by atoms with Crippen LogP contribution in [0.25, 0.3) is 0 Å². The van der Waals surface area contributed by atoms with E-state index in [9.17, 15) is 4.79 Å². The number of carbonyl (C=O) groups is 1. The Labute approximate surface area is 105 Å². The third-order valence-electron chi connectivity index (χ3n) is 3.91. The predicted octanol–water partition coefficient (Wildman–Crippen LogP) is 2.73. The zero-order valence-electron chi connectivity index (χ0n) is 11.5. The molecule has 3 heteroatoms. The van der Waals surface area contributed by atoms with Gasteiger partial charge in [-0.25, -0.2) is 0 Å². The third kappa shape index (κ3) is 3.98. The Hall–Kier alpha value is -0.570. The van der Waals surface area contributed by atoms with Crippen molar-refractivity contribution in [1.82, 2.24) is 0 Å². The van der Waals surface area contributed by atoms with Crippen molar-refractivity contribution >= 4 is 5.97 Å². The Morgan fingerprint density at radius 3 is 2.59 bits per heavy atom. The van der Waals surface area contributed by atoms with Crippen molar-refractivity contribution in [2.75, 3.05) is 13.7 Å². The lowest BCUT2D eigenvalue weighted by Gasteiger charge is -2.32. The van der Waals surface area contributed by atoms with E-state index in [0.29, 0.717) is 18.4 Å². The summed E-state index contributed by atoms with van der Waals surface area (Å²) >= 11 is 0. The van der Waals surface area contributed by atoms with Gasteiger partial charge in [-0.2, -0.15) is 0 Å². The van der Waals surface area contributed by atoms with Crippen LogP contribution < -0.4 is 5.73 Å². The second kappa shape index (κ2) is 6.39. The molecule has 2 unspecified atom stereocenters. The highest BCUT2D eigenvalue weighted by Crippen LogP contribution is 2.44. The minimum absolute atomic E-state index is 0.102. The molecule has 1 fully saturated rings. The normalized spacial score (nSPS) is 20.7. The van der Waals surface area contributed by atoms with Crippen LogP contribution in [0.4, 0.5) is 0 Å². The molecular weight excluding hydrogens is 214 g/mol. The van der Waals surface area contributed by atoms with E-state index in [0.717, 1.165) is 25.7 Å². The molecule has 100 valence electrons. The number of carbonyl (C=O) groups excluding carboxylic acids is 1. The molecule has 17 heavy (non-hydrogen) atoms. The summed E-state index contributed by atoms with van der Waals surface area (Å²) in [6.07, 6.45) is 6.61. The standard InChI is InChI=1S/C14H27NO2/c1-4-5-11(2)8-14(10-15,13(16)17-3)9-12-6-7-12/h11-12H,4-10,15H2,1-3H3. The van der Waals surface area contributed by atoms with E-state index in [4.69, 9.17) is 10.5 Å². The fourth-order valence-electron chi connectivity index (χ4n) is 2.85. The SMILES string of the molecule is CCCC(C)CC(CN)(CC1CC1)C(=O)OC. The van der Waals surface area contributed by atoms with Gasteiger partial charge >= 0.3 is 5.97 Å². The van der Waals surface area contributed by atoms with Crippen LogP contribution in [0.5, 0.6) is 0 Å². The number of nitrogens with two attached hydrogens (primary N) is 1. The Morgan fingerprint density at radius 2 is 2.18 bits per heavy atom. The second-order valence-electron chi connectivity index (χ2n) is 5.72. The maximum absolute atomic E-state index is 12.1. The molecule has 0 aromatic carbocycles. The van der Waals surface area contributed by atoms with Crippen LogP contribution in [0, 0.1) is 17.3 Å². The summed E-state index contributed by atoms with van der Waals surface area (Å²) in [6.45, 7) is 4.81. The maximum atomic E-state index is 12.1. The topological polar surface area (TPSA) is 52.3 Å². The summed E-state index contributed by atoms with van der Waals surface area (Å²) in [5.41, 5.74) is 5.48. The molecule has 0 amide bonds. The van der Waals surface area contributed by atoms with Gasteiger partial charge in [0.25, 0.3) is 0 Å². The Morgan fingerprint density at radius 1 is 1.53 bits per heavy atom. The molecule has 1 aliphatic carbocycles. The lowest BCUT2D eigenvalue weighted by Crippen LogP contribution is -2.41. The predicted molar refractivity (Wildman–Crippen MR) is 69.5 cm³/mol. The summed E-state index contributed by atoms with van der Waals surface area (Å²) in [5.74, 6) is 1.14. The molecule has 2 atom stereocenters.